The standard InChI is InChI=1S/C27H24FN7O3/c28-22-3-1-2-4-23(22)35-25(19-9-11-29-12-10-19)24(31-33-35)27-30-26(32-38-27)20-7-5-18(6-8-20)15-34-13-14-37-21(16-34)17-36/h1-12,21,36H,13-17H2/t21-/m0/s1. The maximum Gasteiger partial charge on any atom is 0.281 e. The minimum absolute atomic E-state index is 0.0204. The summed E-state index contributed by atoms with van der Waals surface area (Å²) < 4.78 is 27.2. The fraction of sp³-hybridized carbons (Fsp3) is 0.222. The number of morpholine rings is 1. The molecule has 1 atom stereocenters. The molecule has 1 aliphatic rings. The zero-order valence-corrected chi connectivity index (χ0v) is 20.3. The maximum atomic E-state index is 14.7. The van der Waals surface area contributed by atoms with Gasteiger partial charge in [0.05, 0.1) is 19.3 Å². The number of pyridine rings is 1. The van der Waals surface area contributed by atoms with E-state index in [-0.39, 0.29) is 24.3 Å². The van der Waals surface area contributed by atoms with Crippen LogP contribution >= 0.6 is 0 Å². The summed E-state index contributed by atoms with van der Waals surface area (Å²) in [6.07, 6.45) is 3.13. The van der Waals surface area contributed by atoms with Gasteiger partial charge in [0.15, 0.2) is 5.69 Å². The van der Waals surface area contributed by atoms with Crippen molar-refractivity contribution in [2.75, 3.05) is 26.3 Å². The predicted octanol–water partition coefficient (Wildman–Crippen LogP) is 3.38. The summed E-state index contributed by atoms with van der Waals surface area (Å²) in [6.45, 7) is 2.90. The number of aliphatic hydroxyl groups is 1. The highest BCUT2D eigenvalue weighted by molar-refractivity contribution is 5.76. The van der Waals surface area contributed by atoms with Crippen molar-refractivity contribution in [3.05, 3.63) is 84.4 Å². The Bertz CT molecular complexity index is 1520. The largest absolute Gasteiger partial charge is 0.394 e. The van der Waals surface area contributed by atoms with Gasteiger partial charge in [-0.25, -0.2) is 9.07 Å². The Balaban J connectivity index is 1.29. The van der Waals surface area contributed by atoms with Gasteiger partial charge in [0.25, 0.3) is 5.89 Å². The van der Waals surface area contributed by atoms with Gasteiger partial charge >= 0.3 is 0 Å². The van der Waals surface area contributed by atoms with Crippen LogP contribution in [-0.4, -0.2) is 72.5 Å². The average Bonchev–Trinajstić information content (AvgIpc) is 3.62. The fourth-order valence-corrected chi connectivity index (χ4v) is 4.48. The van der Waals surface area contributed by atoms with Crippen LogP contribution in [0.25, 0.3) is 39.9 Å². The van der Waals surface area contributed by atoms with Crippen LogP contribution in [0, 0.1) is 5.82 Å². The first-order valence-electron chi connectivity index (χ1n) is 12.2. The molecule has 0 saturated carbocycles. The molecule has 1 fully saturated rings. The second-order valence-corrected chi connectivity index (χ2v) is 8.92. The highest BCUT2D eigenvalue weighted by atomic mass is 19.1. The van der Waals surface area contributed by atoms with Gasteiger partial charge in [0.2, 0.25) is 5.82 Å². The Labute approximate surface area is 217 Å². The third-order valence-corrected chi connectivity index (χ3v) is 6.38. The zero-order valence-electron chi connectivity index (χ0n) is 20.3. The Morgan fingerprint density at radius 3 is 2.61 bits per heavy atom. The third kappa shape index (κ3) is 4.82. The molecule has 1 aliphatic heterocycles. The van der Waals surface area contributed by atoms with E-state index in [1.807, 2.05) is 24.3 Å². The summed E-state index contributed by atoms with van der Waals surface area (Å²) in [6, 6.07) is 17.8. The Kier molecular flexibility index (Phi) is 6.69. The molecule has 5 aromatic rings. The van der Waals surface area contributed by atoms with Crippen LogP contribution in [0.1, 0.15) is 5.56 Å². The van der Waals surface area contributed by atoms with Crippen molar-refractivity contribution in [1.82, 2.24) is 35.0 Å². The van der Waals surface area contributed by atoms with Crippen LogP contribution in [0.5, 0.6) is 0 Å². The molecular weight excluding hydrogens is 489 g/mol. The lowest BCUT2D eigenvalue weighted by Gasteiger charge is -2.31. The highest BCUT2D eigenvalue weighted by Crippen LogP contribution is 2.32. The number of halogens is 1. The normalized spacial score (nSPS) is 16.1. The van der Waals surface area contributed by atoms with E-state index < -0.39 is 5.82 Å². The minimum Gasteiger partial charge on any atom is -0.394 e. The van der Waals surface area contributed by atoms with E-state index in [4.69, 9.17) is 9.26 Å². The molecule has 0 amide bonds. The first-order chi connectivity index (χ1) is 18.7. The Morgan fingerprint density at radius 1 is 1.00 bits per heavy atom. The van der Waals surface area contributed by atoms with Crippen molar-refractivity contribution in [2.24, 2.45) is 0 Å². The topological polar surface area (TPSA) is 115 Å². The number of rotatable bonds is 7. The van der Waals surface area contributed by atoms with E-state index in [0.717, 1.165) is 29.8 Å². The maximum absolute atomic E-state index is 14.7. The van der Waals surface area contributed by atoms with E-state index >= 15 is 0 Å². The molecule has 6 rings (SSSR count). The number of para-hydroxylation sites is 1. The molecule has 0 bridgehead atoms. The lowest BCUT2D eigenvalue weighted by molar-refractivity contribution is -0.0551. The Hall–Kier alpha value is -4.32. The van der Waals surface area contributed by atoms with Crippen LogP contribution < -0.4 is 0 Å². The smallest absolute Gasteiger partial charge is 0.281 e. The lowest BCUT2D eigenvalue weighted by atomic mass is 10.1. The summed E-state index contributed by atoms with van der Waals surface area (Å²) >= 11 is 0. The van der Waals surface area contributed by atoms with Crippen molar-refractivity contribution in [2.45, 2.75) is 12.6 Å². The van der Waals surface area contributed by atoms with Crippen LogP contribution in [0.4, 0.5) is 4.39 Å². The molecule has 0 aliphatic carbocycles. The summed E-state index contributed by atoms with van der Waals surface area (Å²) in [5.74, 6) is 0.135. The molecule has 4 heterocycles. The minimum atomic E-state index is -0.436. The molecule has 0 radical (unpaired) electrons. The van der Waals surface area contributed by atoms with Crippen LogP contribution in [0.15, 0.2) is 77.6 Å². The van der Waals surface area contributed by atoms with Gasteiger partial charge in [-0.15, -0.1) is 5.10 Å². The molecule has 10 nitrogen and oxygen atoms in total. The van der Waals surface area contributed by atoms with Gasteiger partial charge in [-0.05, 0) is 29.8 Å². The summed E-state index contributed by atoms with van der Waals surface area (Å²) in [5, 5.41) is 22.0. The molecule has 1 saturated heterocycles. The van der Waals surface area contributed by atoms with Gasteiger partial charge in [-0.2, -0.15) is 4.98 Å². The van der Waals surface area contributed by atoms with Gasteiger partial charge in [0.1, 0.15) is 17.2 Å². The molecule has 192 valence electrons. The van der Waals surface area contributed by atoms with Crippen molar-refractivity contribution < 1.29 is 18.8 Å². The third-order valence-electron chi connectivity index (χ3n) is 6.38. The predicted molar refractivity (Wildman–Crippen MR) is 135 cm³/mol. The monoisotopic (exact) mass is 513 g/mol. The number of hydrogen-bond donors (Lipinski definition) is 1. The fourth-order valence-electron chi connectivity index (χ4n) is 4.48. The number of aliphatic hydroxyl groups excluding tert-OH is 1. The van der Waals surface area contributed by atoms with E-state index in [2.05, 4.69) is 30.3 Å². The lowest BCUT2D eigenvalue weighted by Crippen LogP contribution is -2.43. The average molecular weight is 514 g/mol. The number of benzene rings is 2. The number of nitrogens with zero attached hydrogens (tertiary/aromatic N) is 7. The highest BCUT2D eigenvalue weighted by Gasteiger charge is 2.24. The van der Waals surface area contributed by atoms with E-state index in [1.165, 1.54) is 10.7 Å². The quantitative estimate of drug-likeness (QED) is 0.350. The molecule has 38 heavy (non-hydrogen) atoms. The molecule has 0 unspecified atom stereocenters. The summed E-state index contributed by atoms with van der Waals surface area (Å²) in [5.41, 5.74) is 3.72. The Morgan fingerprint density at radius 2 is 1.82 bits per heavy atom. The second-order valence-electron chi connectivity index (χ2n) is 8.92. The molecule has 11 heteroatoms. The molecule has 0 spiro atoms. The molecule has 3 aromatic heterocycles. The molecule has 1 N–H and O–H groups in total. The van der Waals surface area contributed by atoms with Crippen LogP contribution in [0.3, 0.4) is 0 Å². The van der Waals surface area contributed by atoms with E-state index in [1.54, 1.807) is 42.7 Å². The van der Waals surface area contributed by atoms with Gasteiger partial charge in [-0.3, -0.25) is 9.88 Å². The van der Waals surface area contributed by atoms with E-state index in [0.29, 0.717) is 30.4 Å². The van der Waals surface area contributed by atoms with Crippen LogP contribution in [0.2, 0.25) is 0 Å². The van der Waals surface area contributed by atoms with Gasteiger partial charge < -0.3 is 14.4 Å². The number of ether oxygens (including phenoxy) is 1. The van der Waals surface area contributed by atoms with Crippen molar-refractivity contribution in [3.8, 4) is 39.9 Å². The molecular formula is C27H24FN7O3. The number of aromatic nitrogens is 6. The first-order valence-corrected chi connectivity index (χ1v) is 12.2. The summed E-state index contributed by atoms with van der Waals surface area (Å²) in [7, 11) is 0. The zero-order chi connectivity index (χ0) is 25.9. The number of hydrogen-bond acceptors (Lipinski definition) is 9. The van der Waals surface area contributed by atoms with Gasteiger partial charge in [-0.1, -0.05) is 46.8 Å². The first kappa shape index (κ1) is 24.0. The van der Waals surface area contributed by atoms with Crippen LogP contribution in [-0.2, 0) is 11.3 Å². The second kappa shape index (κ2) is 10.6. The van der Waals surface area contributed by atoms with E-state index in [9.17, 15) is 9.50 Å². The SMILES string of the molecule is OC[C@@H]1CN(Cc2ccc(-c3noc(-c4nnn(-c5ccccc5F)c4-c4ccncc4)n3)cc2)CCO1. The van der Waals surface area contributed by atoms with Crippen molar-refractivity contribution in [1.29, 1.82) is 0 Å². The molecule has 2 aromatic carbocycles. The summed E-state index contributed by atoms with van der Waals surface area (Å²) in [4.78, 5) is 10.9. The van der Waals surface area contributed by atoms with Crippen molar-refractivity contribution in [3.63, 3.8) is 0 Å². The van der Waals surface area contributed by atoms with Gasteiger partial charge in [0, 0.05) is 43.2 Å². The van der Waals surface area contributed by atoms with Crippen molar-refractivity contribution >= 4 is 0 Å².